The van der Waals surface area contributed by atoms with Gasteiger partial charge in [-0.15, -0.1) is 0 Å². The SMILES string of the molecule is CC(C)(C)c1ccc(=O)n(CCN2CCN(Cc3ncon3)CC2)n1. The molecule has 3 rings (SSSR count). The van der Waals surface area contributed by atoms with Gasteiger partial charge < -0.3 is 4.52 Å². The van der Waals surface area contributed by atoms with E-state index >= 15 is 0 Å². The van der Waals surface area contributed by atoms with E-state index < -0.39 is 0 Å². The van der Waals surface area contributed by atoms with E-state index in [9.17, 15) is 4.79 Å². The predicted molar refractivity (Wildman–Crippen MR) is 93.2 cm³/mol. The van der Waals surface area contributed by atoms with Crippen LogP contribution in [-0.2, 0) is 18.5 Å². The zero-order valence-corrected chi connectivity index (χ0v) is 15.2. The standard InChI is InChI=1S/C17H26N6O2/c1-17(2,3)14-4-5-16(24)23(19-14)11-10-21-6-8-22(9-7-21)12-15-18-13-25-20-15/h4-5,13H,6-12H2,1-3H3. The smallest absolute Gasteiger partial charge is 0.266 e. The highest BCUT2D eigenvalue weighted by molar-refractivity contribution is 5.10. The second kappa shape index (κ2) is 7.45. The van der Waals surface area contributed by atoms with Crippen LogP contribution in [0, 0.1) is 0 Å². The largest absolute Gasteiger partial charge is 0.343 e. The molecule has 8 heteroatoms. The lowest BCUT2D eigenvalue weighted by atomic mass is 9.92. The second-order valence-electron chi connectivity index (χ2n) is 7.50. The van der Waals surface area contributed by atoms with E-state index in [1.807, 2.05) is 6.07 Å². The number of aromatic nitrogens is 4. The maximum atomic E-state index is 12.1. The Morgan fingerprint density at radius 2 is 1.80 bits per heavy atom. The third kappa shape index (κ3) is 4.73. The summed E-state index contributed by atoms with van der Waals surface area (Å²) in [6, 6.07) is 3.45. The van der Waals surface area contributed by atoms with Crippen molar-refractivity contribution in [2.45, 2.75) is 39.3 Å². The van der Waals surface area contributed by atoms with Crippen molar-refractivity contribution in [3.63, 3.8) is 0 Å². The van der Waals surface area contributed by atoms with Gasteiger partial charge in [0.25, 0.3) is 5.56 Å². The average Bonchev–Trinajstić information content (AvgIpc) is 3.07. The van der Waals surface area contributed by atoms with E-state index in [0.717, 1.165) is 50.8 Å². The molecule has 1 aliphatic heterocycles. The van der Waals surface area contributed by atoms with E-state index in [4.69, 9.17) is 4.52 Å². The molecule has 0 unspecified atom stereocenters. The molecule has 1 saturated heterocycles. The van der Waals surface area contributed by atoms with Crippen LogP contribution >= 0.6 is 0 Å². The van der Waals surface area contributed by atoms with Gasteiger partial charge in [-0.05, 0) is 6.07 Å². The minimum absolute atomic E-state index is 0.0382. The highest BCUT2D eigenvalue weighted by Crippen LogP contribution is 2.18. The van der Waals surface area contributed by atoms with Gasteiger partial charge in [-0.25, -0.2) is 4.68 Å². The zero-order chi connectivity index (χ0) is 17.9. The summed E-state index contributed by atoms with van der Waals surface area (Å²) in [4.78, 5) is 20.8. The Balaban J connectivity index is 1.51. The van der Waals surface area contributed by atoms with E-state index in [1.54, 1.807) is 10.7 Å². The quantitative estimate of drug-likeness (QED) is 0.790. The Hall–Kier alpha value is -2.06. The summed E-state index contributed by atoms with van der Waals surface area (Å²) >= 11 is 0. The first-order chi connectivity index (χ1) is 11.9. The van der Waals surface area contributed by atoms with Gasteiger partial charge in [-0.3, -0.25) is 14.6 Å². The molecule has 0 atom stereocenters. The van der Waals surface area contributed by atoms with Gasteiger partial charge in [0.2, 0.25) is 6.39 Å². The molecule has 2 aromatic heterocycles. The Morgan fingerprint density at radius 3 is 2.44 bits per heavy atom. The van der Waals surface area contributed by atoms with Crippen molar-refractivity contribution in [1.29, 1.82) is 0 Å². The summed E-state index contributed by atoms with van der Waals surface area (Å²) in [6.45, 7) is 12.3. The van der Waals surface area contributed by atoms with E-state index in [1.165, 1.54) is 6.39 Å². The molecule has 8 nitrogen and oxygen atoms in total. The van der Waals surface area contributed by atoms with Gasteiger partial charge in [-0.1, -0.05) is 25.9 Å². The number of rotatable bonds is 5. The first-order valence-corrected chi connectivity index (χ1v) is 8.70. The summed E-state index contributed by atoms with van der Waals surface area (Å²) in [5.74, 6) is 0.725. The maximum Gasteiger partial charge on any atom is 0.266 e. The highest BCUT2D eigenvalue weighted by atomic mass is 16.5. The van der Waals surface area contributed by atoms with Crippen LogP contribution in [-0.4, -0.2) is 62.4 Å². The van der Waals surface area contributed by atoms with Crippen molar-refractivity contribution in [3.05, 3.63) is 40.4 Å². The average molecular weight is 346 g/mol. The molecule has 0 amide bonds. The van der Waals surface area contributed by atoms with Crippen LogP contribution in [0.4, 0.5) is 0 Å². The fourth-order valence-corrected chi connectivity index (χ4v) is 2.88. The molecular weight excluding hydrogens is 320 g/mol. The van der Waals surface area contributed by atoms with E-state index in [0.29, 0.717) is 6.54 Å². The molecule has 0 N–H and O–H groups in total. The second-order valence-corrected chi connectivity index (χ2v) is 7.50. The predicted octanol–water partition coefficient (Wildman–Crippen LogP) is 0.742. The molecule has 3 heterocycles. The summed E-state index contributed by atoms with van der Waals surface area (Å²) in [5, 5.41) is 8.39. The molecule has 25 heavy (non-hydrogen) atoms. The molecule has 0 saturated carbocycles. The Labute approximate surface area is 147 Å². The molecule has 1 aliphatic rings. The van der Waals surface area contributed by atoms with Gasteiger partial charge in [0.1, 0.15) is 0 Å². The molecule has 0 bridgehead atoms. The minimum Gasteiger partial charge on any atom is -0.343 e. The molecule has 0 spiro atoms. The highest BCUT2D eigenvalue weighted by Gasteiger charge is 2.19. The van der Waals surface area contributed by atoms with Gasteiger partial charge in [0.15, 0.2) is 5.82 Å². The Bertz CT molecular complexity index is 726. The van der Waals surface area contributed by atoms with Crippen LogP contribution in [0.15, 0.2) is 27.8 Å². The number of hydrogen-bond donors (Lipinski definition) is 0. The molecule has 136 valence electrons. The van der Waals surface area contributed by atoms with Crippen molar-refractivity contribution in [2.75, 3.05) is 32.7 Å². The molecule has 2 aromatic rings. The minimum atomic E-state index is -0.0593. The van der Waals surface area contributed by atoms with Crippen LogP contribution < -0.4 is 5.56 Å². The Morgan fingerprint density at radius 1 is 1.08 bits per heavy atom. The van der Waals surface area contributed by atoms with Crippen molar-refractivity contribution in [3.8, 4) is 0 Å². The number of hydrogen-bond acceptors (Lipinski definition) is 7. The van der Waals surface area contributed by atoms with Crippen LogP contribution in [0.25, 0.3) is 0 Å². The molecule has 0 aliphatic carbocycles. The lowest BCUT2D eigenvalue weighted by molar-refractivity contribution is 0.119. The lowest BCUT2D eigenvalue weighted by Gasteiger charge is -2.34. The van der Waals surface area contributed by atoms with Crippen LogP contribution in [0.2, 0.25) is 0 Å². The normalized spacial score (nSPS) is 17.1. The molecular formula is C17H26N6O2. The summed E-state index contributed by atoms with van der Waals surface area (Å²) in [7, 11) is 0. The number of piperazine rings is 1. The van der Waals surface area contributed by atoms with E-state index in [-0.39, 0.29) is 11.0 Å². The fourth-order valence-electron chi connectivity index (χ4n) is 2.88. The first-order valence-electron chi connectivity index (χ1n) is 8.70. The summed E-state index contributed by atoms with van der Waals surface area (Å²) in [5.41, 5.74) is 0.844. The fraction of sp³-hybridized carbons (Fsp3) is 0.647. The van der Waals surface area contributed by atoms with E-state index in [2.05, 4.69) is 45.8 Å². The van der Waals surface area contributed by atoms with Gasteiger partial charge in [0, 0.05) is 44.2 Å². The number of nitrogens with zero attached hydrogens (tertiary/aromatic N) is 6. The molecule has 0 aromatic carbocycles. The third-order valence-corrected chi connectivity index (χ3v) is 4.50. The van der Waals surface area contributed by atoms with Crippen molar-refractivity contribution >= 4 is 0 Å². The summed E-state index contributed by atoms with van der Waals surface area (Å²) in [6.07, 6.45) is 1.36. The van der Waals surface area contributed by atoms with Crippen molar-refractivity contribution < 1.29 is 4.52 Å². The van der Waals surface area contributed by atoms with Crippen molar-refractivity contribution in [2.24, 2.45) is 0 Å². The van der Waals surface area contributed by atoms with Crippen molar-refractivity contribution in [1.82, 2.24) is 29.7 Å². The maximum absolute atomic E-state index is 12.1. The monoisotopic (exact) mass is 346 g/mol. The Kier molecular flexibility index (Phi) is 5.29. The third-order valence-electron chi connectivity index (χ3n) is 4.50. The first kappa shape index (κ1) is 17.8. The topological polar surface area (TPSA) is 80.3 Å². The van der Waals surface area contributed by atoms with Crippen LogP contribution in [0.3, 0.4) is 0 Å². The van der Waals surface area contributed by atoms with Crippen LogP contribution in [0.1, 0.15) is 32.3 Å². The lowest BCUT2D eigenvalue weighted by Crippen LogP contribution is -2.47. The molecule has 1 fully saturated rings. The summed E-state index contributed by atoms with van der Waals surface area (Å²) < 4.78 is 6.36. The van der Waals surface area contributed by atoms with Crippen LogP contribution in [0.5, 0.6) is 0 Å². The van der Waals surface area contributed by atoms with Gasteiger partial charge in [-0.2, -0.15) is 10.1 Å². The zero-order valence-electron chi connectivity index (χ0n) is 15.2. The van der Waals surface area contributed by atoms with Gasteiger partial charge >= 0.3 is 0 Å². The van der Waals surface area contributed by atoms with Gasteiger partial charge in [0.05, 0.1) is 18.8 Å². The molecule has 0 radical (unpaired) electrons.